The molecule has 0 aliphatic carbocycles. The fourth-order valence-electron chi connectivity index (χ4n) is 15.1. The quantitative estimate of drug-likeness (QED) is 0.0204. The molecule has 0 saturated carbocycles. The van der Waals surface area contributed by atoms with E-state index in [0.29, 0.717) is 6.42 Å². The van der Waals surface area contributed by atoms with Gasteiger partial charge in [-0.25, -0.2) is 0 Å². The third-order valence-corrected chi connectivity index (χ3v) is 22.2. The van der Waals surface area contributed by atoms with Gasteiger partial charge in [0, 0.05) is 6.42 Å². The number of hydrogen-bond acceptors (Lipinski definition) is 13. The summed E-state index contributed by atoms with van der Waals surface area (Å²) in [5, 5.41) is 87.9. The Kier molecular flexibility index (Phi) is 70.9. The first-order valence-electron chi connectivity index (χ1n) is 45.5. The highest BCUT2D eigenvalue weighted by atomic mass is 16.7. The Labute approximate surface area is 651 Å². The average Bonchev–Trinajstić information content (AvgIpc) is 0.790. The van der Waals surface area contributed by atoms with Crippen LogP contribution in [0.4, 0.5) is 0 Å². The Morgan fingerprint density at radius 2 is 0.651 bits per heavy atom. The van der Waals surface area contributed by atoms with E-state index >= 15 is 0 Å². The van der Waals surface area contributed by atoms with Gasteiger partial charge >= 0.3 is 0 Å². The molecule has 2 aliphatic heterocycles. The van der Waals surface area contributed by atoms with Crippen LogP contribution in [0.25, 0.3) is 0 Å². The van der Waals surface area contributed by atoms with Gasteiger partial charge in [-0.3, -0.25) is 4.79 Å². The number of allylic oxidation sites excluding steroid dienone is 9. The van der Waals surface area contributed by atoms with E-state index in [1.165, 1.54) is 334 Å². The normalized spacial score (nSPS) is 21.5. The molecule has 2 aliphatic rings. The van der Waals surface area contributed by atoms with Crippen LogP contribution in [-0.4, -0.2) is 140 Å². The molecule has 2 rings (SSSR count). The van der Waals surface area contributed by atoms with E-state index in [-0.39, 0.29) is 18.9 Å². The summed E-state index contributed by atoms with van der Waals surface area (Å²) in [6, 6.07) is -0.916. The van der Waals surface area contributed by atoms with E-state index in [1.54, 1.807) is 6.08 Å². The number of hydrogen-bond donors (Lipinski definition) is 9. The van der Waals surface area contributed by atoms with Crippen LogP contribution < -0.4 is 5.32 Å². The van der Waals surface area contributed by atoms with Crippen LogP contribution in [0.5, 0.6) is 0 Å². The van der Waals surface area contributed by atoms with Gasteiger partial charge in [-0.15, -0.1) is 0 Å². The summed E-state index contributed by atoms with van der Waals surface area (Å²) in [6.07, 6.45) is 87.8. The molecule has 12 atom stereocenters. The maximum Gasteiger partial charge on any atom is 0.220 e. The predicted octanol–water partition coefficient (Wildman–Crippen LogP) is 22.3. The highest BCUT2D eigenvalue weighted by molar-refractivity contribution is 5.76. The summed E-state index contributed by atoms with van der Waals surface area (Å²) >= 11 is 0. The van der Waals surface area contributed by atoms with Crippen LogP contribution in [0, 0.1) is 0 Å². The molecular formula is C92H171NO13. The van der Waals surface area contributed by atoms with Crippen molar-refractivity contribution >= 4 is 5.91 Å². The lowest BCUT2D eigenvalue weighted by Crippen LogP contribution is -2.65. The van der Waals surface area contributed by atoms with Gasteiger partial charge in [0.2, 0.25) is 5.91 Å². The zero-order chi connectivity index (χ0) is 76.5. The van der Waals surface area contributed by atoms with Gasteiger partial charge in [0.25, 0.3) is 0 Å². The van der Waals surface area contributed by atoms with Crippen LogP contribution >= 0.6 is 0 Å². The van der Waals surface area contributed by atoms with E-state index in [1.807, 2.05) is 6.08 Å². The summed E-state index contributed by atoms with van der Waals surface area (Å²) < 4.78 is 23.0. The molecule has 2 fully saturated rings. The number of aliphatic hydroxyl groups excluding tert-OH is 8. The smallest absolute Gasteiger partial charge is 0.220 e. The van der Waals surface area contributed by atoms with Crippen molar-refractivity contribution in [1.29, 1.82) is 0 Å². The van der Waals surface area contributed by atoms with E-state index in [9.17, 15) is 45.6 Å². The first-order valence-corrected chi connectivity index (χ1v) is 45.5. The summed E-state index contributed by atoms with van der Waals surface area (Å²) in [7, 11) is 0. The maximum atomic E-state index is 13.4. The minimum Gasteiger partial charge on any atom is -0.394 e. The second-order valence-corrected chi connectivity index (χ2v) is 32.1. The lowest BCUT2D eigenvalue weighted by molar-refractivity contribution is -0.359. The molecule has 14 nitrogen and oxygen atoms in total. The van der Waals surface area contributed by atoms with Gasteiger partial charge in [0.05, 0.1) is 32.0 Å². The van der Waals surface area contributed by atoms with Crippen molar-refractivity contribution in [3.63, 3.8) is 0 Å². The summed E-state index contributed by atoms with van der Waals surface area (Å²) in [5.74, 6) is -0.230. The number of nitrogens with one attached hydrogen (secondary N) is 1. The van der Waals surface area contributed by atoms with Crippen LogP contribution in [0.3, 0.4) is 0 Å². The molecule has 2 heterocycles. The molecule has 0 aromatic rings. The highest BCUT2D eigenvalue weighted by Crippen LogP contribution is 2.31. The number of aliphatic hydroxyl groups is 8. The van der Waals surface area contributed by atoms with Gasteiger partial charge in [0.15, 0.2) is 12.6 Å². The number of ether oxygens (including phenoxy) is 4. The first-order chi connectivity index (χ1) is 52.1. The molecule has 106 heavy (non-hydrogen) atoms. The van der Waals surface area contributed by atoms with Crippen molar-refractivity contribution in [2.45, 2.75) is 498 Å². The van der Waals surface area contributed by atoms with Crippen molar-refractivity contribution < 1.29 is 64.6 Å². The first kappa shape index (κ1) is 99.8. The summed E-state index contributed by atoms with van der Waals surface area (Å²) in [5.41, 5.74) is 0. The second-order valence-electron chi connectivity index (χ2n) is 32.1. The molecule has 0 spiro atoms. The fourth-order valence-corrected chi connectivity index (χ4v) is 15.1. The number of amides is 1. The topological polar surface area (TPSA) is 228 Å². The van der Waals surface area contributed by atoms with Crippen LogP contribution in [0.1, 0.15) is 425 Å². The van der Waals surface area contributed by atoms with Crippen molar-refractivity contribution in [1.82, 2.24) is 5.32 Å². The minimum absolute atomic E-state index is 0.230. The SMILES string of the molecule is CC/C=C\C/C=C\C/C=C\C/C=C\CCCCCCCCCCCCCCCCCCCCCCCCCCCCCCC(=O)NC(COC1OC(CO)C(OC2OC(CO)C(O)C(O)C2O)C(O)C1O)C(O)/C=C/CCCCCCCCCCCCCCCCCCCCCCCCCCCCCCC. The monoisotopic (exact) mass is 1500 g/mol. The van der Waals surface area contributed by atoms with Gasteiger partial charge in [0.1, 0.15) is 48.8 Å². The zero-order valence-electron chi connectivity index (χ0n) is 68.7. The Hall–Kier alpha value is -2.31. The Bertz CT molecular complexity index is 2020. The minimum atomic E-state index is -1.79. The molecule has 622 valence electrons. The van der Waals surface area contributed by atoms with Gasteiger partial charge in [-0.2, -0.15) is 0 Å². The molecule has 0 bridgehead atoms. The average molecular weight is 1500 g/mol. The molecule has 0 radical (unpaired) electrons. The third kappa shape index (κ3) is 56.8. The molecule has 9 N–H and O–H groups in total. The molecule has 0 aromatic carbocycles. The third-order valence-electron chi connectivity index (χ3n) is 22.2. The fraction of sp³-hybridized carbons (Fsp3) is 0.880. The number of carbonyl (C=O) groups excluding carboxylic acids is 1. The molecule has 12 unspecified atom stereocenters. The highest BCUT2D eigenvalue weighted by Gasteiger charge is 2.51. The van der Waals surface area contributed by atoms with E-state index in [4.69, 9.17) is 18.9 Å². The Morgan fingerprint density at radius 3 is 1.00 bits per heavy atom. The van der Waals surface area contributed by atoms with Gasteiger partial charge in [-0.05, 0) is 57.8 Å². The second kappa shape index (κ2) is 75.4. The van der Waals surface area contributed by atoms with Crippen LogP contribution in [-0.2, 0) is 23.7 Å². The van der Waals surface area contributed by atoms with Crippen LogP contribution in [0.2, 0.25) is 0 Å². The lowest BCUT2D eigenvalue weighted by Gasteiger charge is -2.46. The molecule has 14 heteroatoms. The van der Waals surface area contributed by atoms with E-state index in [0.717, 1.165) is 64.2 Å². The number of unbranched alkanes of at least 4 members (excludes halogenated alkanes) is 57. The van der Waals surface area contributed by atoms with E-state index in [2.05, 4.69) is 67.8 Å². The Balaban J connectivity index is 1.54. The standard InChI is InChI=1S/C92H171NO13/c1-3-5-7-9-11-13-15-17-19-21-23-25-27-29-31-33-35-36-37-38-39-40-41-42-43-44-46-48-50-52-54-56-58-60-62-64-66-68-70-72-74-76-84(97)93-80(79-103-91-89(102)87(100)90(83(78-95)105-91)106-92-88(101)86(99)85(98)82(77-94)104-92)81(96)75-73-71-69-67-65-63-61-59-57-55-53-51-49-47-45-34-32-30-28-26-24-22-20-18-16-14-12-10-8-6-4-2/h5,7,11,13,17,19,23,25,73,75,80-83,85-92,94-96,98-102H,3-4,6,8-10,12,14-16,18,20-22,24,26-72,74,76-79H2,1-2H3,(H,93,97)/b7-5-,13-11-,19-17-,25-23-,75-73+. The van der Waals surface area contributed by atoms with Crippen molar-refractivity contribution in [3.05, 3.63) is 60.8 Å². The van der Waals surface area contributed by atoms with E-state index < -0.39 is 86.8 Å². The number of rotatable bonds is 78. The predicted molar refractivity (Wildman–Crippen MR) is 443 cm³/mol. The summed E-state index contributed by atoms with van der Waals surface area (Å²) in [6.45, 7) is 2.76. The molecule has 1 amide bonds. The van der Waals surface area contributed by atoms with Crippen molar-refractivity contribution in [2.24, 2.45) is 0 Å². The summed E-state index contributed by atoms with van der Waals surface area (Å²) in [4.78, 5) is 13.4. The van der Waals surface area contributed by atoms with Crippen molar-refractivity contribution in [3.8, 4) is 0 Å². The molecule has 0 aromatic heterocycles. The molecular weight excluding hydrogens is 1330 g/mol. The largest absolute Gasteiger partial charge is 0.394 e. The Morgan fingerprint density at radius 1 is 0.349 bits per heavy atom. The lowest BCUT2D eigenvalue weighted by atomic mass is 9.97. The van der Waals surface area contributed by atoms with Gasteiger partial charge < -0.3 is 65.1 Å². The maximum absolute atomic E-state index is 13.4. The van der Waals surface area contributed by atoms with Gasteiger partial charge in [-0.1, -0.05) is 421 Å². The molecule has 2 saturated heterocycles. The zero-order valence-corrected chi connectivity index (χ0v) is 68.7. The number of carbonyl (C=O) groups is 1. The van der Waals surface area contributed by atoms with Crippen molar-refractivity contribution in [2.75, 3.05) is 19.8 Å². The van der Waals surface area contributed by atoms with Crippen LogP contribution in [0.15, 0.2) is 60.8 Å².